The van der Waals surface area contributed by atoms with Crippen LogP contribution in [0.3, 0.4) is 0 Å². The number of hydrazine groups is 1. The molecular formula is C21H24ClN3O4. The van der Waals surface area contributed by atoms with E-state index in [9.17, 15) is 14.4 Å². The maximum absolute atomic E-state index is 11.9. The van der Waals surface area contributed by atoms with Crippen LogP contribution in [0.4, 0.5) is 5.69 Å². The predicted octanol–water partition coefficient (Wildman–Crippen LogP) is 3.11. The normalized spacial score (nSPS) is 10.8. The van der Waals surface area contributed by atoms with Crippen LogP contribution in [-0.4, -0.2) is 24.3 Å². The summed E-state index contributed by atoms with van der Waals surface area (Å²) in [4.78, 5) is 35.6. The van der Waals surface area contributed by atoms with E-state index < -0.39 is 17.7 Å². The lowest BCUT2D eigenvalue weighted by atomic mass is 9.87. The first-order valence-electron chi connectivity index (χ1n) is 8.96. The summed E-state index contributed by atoms with van der Waals surface area (Å²) in [7, 11) is 0. The van der Waals surface area contributed by atoms with Gasteiger partial charge in [-0.1, -0.05) is 50.6 Å². The summed E-state index contributed by atoms with van der Waals surface area (Å²) in [6.07, 6.45) is 0. The second kappa shape index (κ2) is 9.43. The van der Waals surface area contributed by atoms with E-state index in [4.69, 9.17) is 16.3 Å². The van der Waals surface area contributed by atoms with Crippen molar-refractivity contribution >= 4 is 35.0 Å². The third-order valence-corrected chi connectivity index (χ3v) is 4.54. The van der Waals surface area contributed by atoms with Crippen LogP contribution in [0.5, 0.6) is 5.75 Å². The average molecular weight is 418 g/mol. The van der Waals surface area contributed by atoms with E-state index >= 15 is 0 Å². The Morgan fingerprint density at radius 2 is 1.62 bits per heavy atom. The van der Waals surface area contributed by atoms with Crippen molar-refractivity contribution in [3.63, 3.8) is 0 Å². The smallest absolute Gasteiger partial charge is 0.328 e. The molecule has 0 aliphatic carbocycles. The Morgan fingerprint density at radius 3 is 2.24 bits per heavy atom. The third kappa shape index (κ3) is 6.50. The van der Waals surface area contributed by atoms with Crippen molar-refractivity contribution in [1.29, 1.82) is 0 Å². The van der Waals surface area contributed by atoms with Crippen molar-refractivity contribution in [2.24, 2.45) is 0 Å². The van der Waals surface area contributed by atoms with Gasteiger partial charge in [0.15, 0.2) is 6.61 Å². The largest absolute Gasteiger partial charge is 0.484 e. The fraction of sp³-hybridized carbons (Fsp3) is 0.286. The molecule has 0 fully saturated rings. The van der Waals surface area contributed by atoms with E-state index in [0.717, 1.165) is 5.56 Å². The highest BCUT2D eigenvalue weighted by Gasteiger charge is 2.16. The SMILES string of the molecule is Cc1c(Cl)cccc1NC(=O)C(=O)NNC(=O)COc1ccc(C(C)(C)C)cc1. The Kier molecular flexibility index (Phi) is 7.23. The van der Waals surface area contributed by atoms with Gasteiger partial charge in [0.1, 0.15) is 5.75 Å². The van der Waals surface area contributed by atoms with Crippen molar-refractivity contribution in [2.75, 3.05) is 11.9 Å². The molecule has 0 saturated carbocycles. The molecule has 0 saturated heterocycles. The molecule has 0 atom stereocenters. The molecule has 0 unspecified atom stereocenters. The van der Waals surface area contributed by atoms with Crippen molar-refractivity contribution < 1.29 is 19.1 Å². The number of rotatable bonds is 4. The summed E-state index contributed by atoms with van der Waals surface area (Å²) in [6, 6.07) is 12.3. The minimum atomic E-state index is -1.02. The third-order valence-electron chi connectivity index (χ3n) is 4.13. The number of benzene rings is 2. The molecule has 2 aromatic carbocycles. The molecule has 0 heterocycles. The lowest BCUT2D eigenvalue weighted by Crippen LogP contribution is -2.48. The van der Waals surface area contributed by atoms with Crippen LogP contribution in [0, 0.1) is 6.92 Å². The predicted molar refractivity (Wildman–Crippen MR) is 112 cm³/mol. The Labute approximate surface area is 174 Å². The van der Waals surface area contributed by atoms with Crippen LogP contribution < -0.4 is 20.9 Å². The van der Waals surface area contributed by atoms with E-state index in [0.29, 0.717) is 22.0 Å². The second-order valence-electron chi connectivity index (χ2n) is 7.43. The average Bonchev–Trinajstić information content (AvgIpc) is 2.67. The summed E-state index contributed by atoms with van der Waals surface area (Å²) in [6.45, 7) is 7.70. The van der Waals surface area contributed by atoms with Crippen LogP contribution in [-0.2, 0) is 19.8 Å². The maximum Gasteiger partial charge on any atom is 0.328 e. The molecule has 0 aliphatic rings. The van der Waals surface area contributed by atoms with Gasteiger partial charge >= 0.3 is 11.8 Å². The zero-order chi connectivity index (χ0) is 21.6. The Morgan fingerprint density at radius 1 is 0.966 bits per heavy atom. The first kappa shape index (κ1) is 22.2. The Balaban J connectivity index is 1.79. The number of ether oxygens (including phenoxy) is 1. The molecule has 154 valence electrons. The van der Waals surface area contributed by atoms with Crippen molar-refractivity contribution in [2.45, 2.75) is 33.1 Å². The zero-order valence-corrected chi connectivity index (χ0v) is 17.5. The Bertz CT molecular complexity index is 905. The lowest BCUT2D eigenvalue weighted by Gasteiger charge is -2.19. The molecule has 0 bridgehead atoms. The maximum atomic E-state index is 11.9. The molecular weight excluding hydrogens is 394 g/mol. The van der Waals surface area contributed by atoms with Crippen molar-refractivity contribution in [3.8, 4) is 5.75 Å². The molecule has 0 spiro atoms. The number of hydrogen-bond donors (Lipinski definition) is 3. The van der Waals surface area contributed by atoms with Gasteiger partial charge in [0.2, 0.25) is 0 Å². The van der Waals surface area contributed by atoms with Gasteiger partial charge in [-0.15, -0.1) is 0 Å². The highest BCUT2D eigenvalue weighted by molar-refractivity contribution is 6.40. The van der Waals surface area contributed by atoms with Crippen LogP contribution in [0.2, 0.25) is 5.02 Å². The molecule has 3 amide bonds. The molecule has 0 radical (unpaired) electrons. The number of amides is 3. The van der Waals surface area contributed by atoms with E-state index in [1.54, 1.807) is 37.3 Å². The Hall–Kier alpha value is -3.06. The number of nitrogens with one attached hydrogen (secondary N) is 3. The lowest BCUT2D eigenvalue weighted by molar-refractivity contribution is -0.138. The summed E-state index contributed by atoms with van der Waals surface area (Å²) < 4.78 is 5.37. The summed E-state index contributed by atoms with van der Waals surface area (Å²) >= 11 is 5.97. The standard InChI is InChI=1S/C21H24ClN3O4/c1-13-16(22)6-5-7-17(13)23-19(27)20(28)25-24-18(26)12-29-15-10-8-14(9-11-15)21(2,3)4/h5-11H,12H2,1-4H3,(H,23,27)(H,24,26)(H,25,28). The topological polar surface area (TPSA) is 96.5 Å². The molecule has 7 nitrogen and oxygen atoms in total. The second-order valence-corrected chi connectivity index (χ2v) is 7.84. The van der Waals surface area contributed by atoms with Gasteiger partial charge in [-0.05, 0) is 47.7 Å². The van der Waals surface area contributed by atoms with E-state index in [2.05, 4.69) is 31.5 Å². The number of hydrogen-bond acceptors (Lipinski definition) is 4. The monoisotopic (exact) mass is 417 g/mol. The molecule has 0 aromatic heterocycles. The quantitative estimate of drug-likeness (QED) is 0.526. The number of carbonyl (C=O) groups excluding carboxylic acids is 3. The zero-order valence-electron chi connectivity index (χ0n) is 16.8. The van der Waals surface area contributed by atoms with E-state index in [1.807, 2.05) is 17.6 Å². The van der Waals surface area contributed by atoms with Crippen molar-refractivity contribution in [1.82, 2.24) is 10.9 Å². The van der Waals surface area contributed by atoms with E-state index in [1.165, 1.54) is 0 Å². The first-order chi connectivity index (χ1) is 13.6. The van der Waals surface area contributed by atoms with Gasteiger partial charge in [-0.3, -0.25) is 25.2 Å². The number of carbonyl (C=O) groups is 3. The molecule has 0 aliphatic heterocycles. The summed E-state index contributed by atoms with van der Waals surface area (Å²) in [5, 5.41) is 2.89. The first-order valence-corrected chi connectivity index (χ1v) is 9.34. The van der Waals surface area contributed by atoms with Gasteiger partial charge in [0.25, 0.3) is 5.91 Å². The molecule has 8 heteroatoms. The van der Waals surface area contributed by atoms with E-state index in [-0.39, 0.29) is 12.0 Å². The molecule has 29 heavy (non-hydrogen) atoms. The van der Waals surface area contributed by atoms with Crippen LogP contribution in [0.15, 0.2) is 42.5 Å². The van der Waals surface area contributed by atoms with Crippen LogP contribution >= 0.6 is 11.6 Å². The minimum Gasteiger partial charge on any atom is -0.484 e. The molecule has 2 aromatic rings. The number of halogens is 1. The minimum absolute atomic E-state index is 0.0182. The summed E-state index contributed by atoms with van der Waals surface area (Å²) in [5.74, 6) is -2.04. The molecule has 3 N–H and O–H groups in total. The highest BCUT2D eigenvalue weighted by atomic mass is 35.5. The fourth-order valence-electron chi connectivity index (χ4n) is 2.34. The van der Waals surface area contributed by atoms with Gasteiger partial charge in [-0.2, -0.15) is 0 Å². The van der Waals surface area contributed by atoms with Gasteiger partial charge < -0.3 is 10.1 Å². The van der Waals surface area contributed by atoms with Gasteiger partial charge in [0.05, 0.1) is 0 Å². The van der Waals surface area contributed by atoms with Gasteiger partial charge in [-0.25, -0.2) is 0 Å². The summed E-state index contributed by atoms with van der Waals surface area (Å²) in [5.41, 5.74) is 6.37. The number of anilines is 1. The molecule has 2 rings (SSSR count). The van der Waals surface area contributed by atoms with Gasteiger partial charge in [0, 0.05) is 10.7 Å². The fourth-order valence-corrected chi connectivity index (χ4v) is 2.52. The van der Waals surface area contributed by atoms with Crippen molar-refractivity contribution in [3.05, 3.63) is 58.6 Å². The highest BCUT2D eigenvalue weighted by Crippen LogP contribution is 2.24. The van der Waals surface area contributed by atoms with Crippen LogP contribution in [0.1, 0.15) is 31.9 Å². The van der Waals surface area contributed by atoms with Crippen LogP contribution in [0.25, 0.3) is 0 Å².